The molecule has 0 saturated carbocycles. The van der Waals surface area contributed by atoms with Gasteiger partial charge in [-0.05, 0) is 35.4 Å². The third-order valence-electron chi connectivity index (χ3n) is 5.98. The summed E-state index contributed by atoms with van der Waals surface area (Å²) in [5.74, 6) is 1.80. The second-order valence-electron chi connectivity index (χ2n) is 7.66. The molecule has 5 rings (SSSR count). The summed E-state index contributed by atoms with van der Waals surface area (Å²) in [6.45, 7) is 2.18. The lowest BCUT2D eigenvalue weighted by Crippen LogP contribution is -2.43. The Bertz CT molecular complexity index is 1060. The summed E-state index contributed by atoms with van der Waals surface area (Å²) < 4.78 is 13.1. The molecule has 30 heavy (non-hydrogen) atoms. The Balaban J connectivity index is 1.50. The highest BCUT2D eigenvalue weighted by Crippen LogP contribution is 2.35. The third kappa shape index (κ3) is 3.16. The van der Waals surface area contributed by atoms with Crippen LogP contribution in [0.15, 0.2) is 78.9 Å². The van der Waals surface area contributed by atoms with E-state index in [1.54, 1.807) is 7.11 Å². The fraction of sp³-hybridized carbons (Fsp3) is 0.240. The van der Waals surface area contributed by atoms with Crippen molar-refractivity contribution in [1.29, 1.82) is 0 Å². The van der Waals surface area contributed by atoms with E-state index < -0.39 is 5.72 Å². The van der Waals surface area contributed by atoms with Gasteiger partial charge in [0.05, 0.1) is 13.7 Å². The van der Waals surface area contributed by atoms with Crippen molar-refractivity contribution in [2.75, 3.05) is 38.3 Å². The molecule has 0 bridgehead atoms. The average molecular weight is 401 g/mol. The minimum Gasteiger partial charge on any atom is -0.497 e. The molecule has 0 aromatic heterocycles. The lowest BCUT2D eigenvalue weighted by Gasteiger charge is -2.24. The number of aliphatic hydroxyl groups is 1. The Labute approximate surface area is 176 Å². The van der Waals surface area contributed by atoms with E-state index in [0.29, 0.717) is 26.3 Å². The summed E-state index contributed by atoms with van der Waals surface area (Å²) in [6, 6.07) is 26.4. The molecular weight excluding hydrogens is 376 g/mol. The molecule has 0 fully saturated rings. The van der Waals surface area contributed by atoms with Crippen molar-refractivity contribution in [3.8, 4) is 16.9 Å². The molecule has 1 N–H and O–H groups in total. The summed E-state index contributed by atoms with van der Waals surface area (Å²) in [6.07, 6.45) is 0. The van der Waals surface area contributed by atoms with E-state index in [1.807, 2.05) is 54.6 Å². The van der Waals surface area contributed by atoms with Crippen LogP contribution in [0.4, 0.5) is 5.69 Å². The van der Waals surface area contributed by atoms with Crippen molar-refractivity contribution in [2.24, 2.45) is 0 Å². The lowest BCUT2D eigenvalue weighted by atomic mass is 9.98. The van der Waals surface area contributed by atoms with E-state index in [9.17, 15) is 5.11 Å². The molecule has 2 heterocycles. The van der Waals surface area contributed by atoms with Gasteiger partial charge in [-0.3, -0.25) is 0 Å². The largest absolute Gasteiger partial charge is 0.497 e. The number of amidine groups is 1. The van der Waals surface area contributed by atoms with Gasteiger partial charge in [0.15, 0.2) is 6.54 Å². The summed E-state index contributed by atoms with van der Waals surface area (Å²) in [5, 5.41) is 11.8. The van der Waals surface area contributed by atoms with Crippen LogP contribution in [0.2, 0.25) is 0 Å². The Morgan fingerprint density at radius 1 is 0.933 bits per heavy atom. The average Bonchev–Trinajstić information content (AvgIpc) is 3.14. The molecule has 5 heteroatoms. The van der Waals surface area contributed by atoms with Crippen LogP contribution in [-0.2, 0) is 10.5 Å². The molecule has 3 aromatic rings. The van der Waals surface area contributed by atoms with Crippen molar-refractivity contribution in [2.45, 2.75) is 5.72 Å². The fourth-order valence-electron chi connectivity index (χ4n) is 4.36. The Kier molecular flexibility index (Phi) is 4.77. The van der Waals surface area contributed by atoms with Crippen molar-refractivity contribution in [3.05, 3.63) is 84.4 Å². The fourth-order valence-corrected chi connectivity index (χ4v) is 4.36. The molecule has 1 atom stereocenters. The van der Waals surface area contributed by atoms with E-state index in [4.69, 9.17) is 9.47 Å². The van der Waals surface area contributed by atoms with Gasteiger partial charge in [-0.15, -0.1) is 0 Å². The molecular formula is C25H25N2O3+. The van der Waals surface area contributed by atoms with Crippen molar-refractivity contribution >= 4 is 11.5 Å². The molecule has 3 aromatic carbocycles. The van der Waals surface area contributed by atoms with Gasteiger partial charge in [-0.2, -0.15) is 0 Å². The first-order chi connectivity index (χ1) is 14.7. The second kappa shape index (κ2) is 7.59. The number of methoxy groups -OCH3 is 1. The molecule has 2 aliphatic rings. The zero-order valence-electron chi connectivity index (χ0n) is 17.0. The van der Waals surface area contributed by atoms with Crippen molar-refractivity contribution in [1.82, 2.24) is 0 Å². The highest BCUT2D eigenvalue weighted by molar-refractivity contribution is 5.97. The smallest absolute Gasteiger partial charge is 0.281 e. The predicted molar refractivity (Wildman–Crippen MR) is 117 cm³/mol. The number of β-amino-alcohol motifs (C(OH)–C–C–N with tert-alkyl or cyclic N) is 1. The van der Waals surface area contributed by atoms with Gasteiger partial charge in [0, 0.05) is 5.56 Å². The molecule has 0 unspecified atom stereocenters. The molecule has 2 aliphatic heterocycles. The Morgan fingerprint density at radius 3 is 2.33 bits per heavy atom. The minimum atomic E-state index is -1.10. The van der Waals surface area contributed by atoms with Gasteiger partial charge in [0.2, 0.25) is 0 Å². The maximum Gasteiger partial charge on any atom is 0.281 e. The molecule has 0 radical (unpaired) electrons. The molecule has 0 aliphatic carbocycles. The minimum absolute atomic E-state index is 0.447. The van der Waals surface area contributed by atoms with E-state index in [-0.39, 0.29) is 0 Å². The van der Waals surface area contributed by atoms with Crippen molar-refractivity contribution in [3.63, 3.8) is 0 Å². The highest BCUT2D eigenvalue weighted by Gasteiger charge is 2.52. The number of rotatable bonds is 4. The maximum absolute atomic E-state index is 11.8. The lowest BCUT2D eigenvalue weighted by molar-refractivity contribution is -0.663. The molecule has 5 nitrogen and oxygen atoms in total. The van der Waals surface area contributed by atoms with Crippen LogP contribution in [0, 0.1) is 0 Å². The SMILES string of the molecule is COc1ccc(N2C[C@@](O)(c3ccc(-c4ccccc4)cc3)[N+]3=C2COCC3)cc1. The number of ether oxygens (including phenoxy) is 2. The molecule has 152 valence electrons. The quantitative estimate of drug-likeness (QED) is 0.680. The number of benzene rings is 3. The van der Waals surface area contributed by atoms with Gasteiger partial charge in [0.25, 0.3) is 11.6 Å². The second-order valence-corrected chi connectivity index (χ2v) is 7.66. The Morgan fingerprint density at radius 2 is 1.63 bits per heavy atom. The standard InChI is InChI=1S/C25H25N2O3/c1-29-23-13-11-22(12-14-23)26-18-25(28,27-15-16-30-17-24(26)27)21-9-7-20(8-10-21)19-5-3-2-4-6-19/h2-14,28H,15-18H2,1H3/q+1/t25-/m1/s1. The van der Waals surface area contributed by atoms with Gasteiger partial charge in [0.1, 0.15) is 24.6 Å². The highest BCUT2D eigenvalue weighted by atomic mass is 16.5. The number of anilines is 1. The van der Waals surface area contributed by atoms with Gasteiger partial charge < -0.3 is 14.6 Å². The summed E-state index contributed by atoms with van der Waals surface area (Å²) in [4.78, 5) is 2.14. The van der Waals surface area contributed by atoms with Crippen LogP contribution in [0.5, 0.6) is 5.75 Å². The van der Waals surface area contributed by atoms with Crippen LogP contribution in [0.25, 0.3) is 11.1 Å². The first-order valence-corrected chi connectivity index (χ1v) is 10.2. The number of nitrogens with zero attached hydrogens (tertiary/aromatic N) is 2. The van der Waals surface area contributed by atoms with Gasteiger partial charge >= 0.3 is 0 Å². The summed E-state index contributed by atoms with van der Waals surface area (Å²) in [5.41, 5.74) is 3.10. The first kappa shape index (κ1) is 18.9. The van der Waals surface area contributed by atoms with Gasteiger partial charge in [-0.1, -0.05) is 54.6 Å². The van der Waals surface area contributed by atoms with Crippen LogP contribution in [-0.4, -0.2) is 48.9 Å². The van der Waals surface area contributed by atoms with Crippen LogP contribution >= 0.6 is 0 Å². The van der Waals surface area contributed by atoms with Crippen LogP contribution < -0.4 is 9.64 Å². The zero-order valence-corrected chi connectivity index (χ0v) is 17.0. The summed E-state index contributed by atoms with van der Waals surface area (Å²) >= 11 is 0. The summed E-state index contributed by atoms with van der Waals surface area (Å²) in [7, 11) is 1.66. The normalized spacial score (nSPS) is 20.9. The monoisotopic (exact) mass is 401 g/mol. The topological polar surface area (TPSA) is 44.9 Å². The zero-order chi connectivity index (χ0) is 20.6. The van der Waals surface area contributed by atoms with E-state index in [0.717, 1.165) is 28.4 Å². The molecule has 0 amide bonds. The van der Waals surface area contributed by atoms with E-state index in [1.165, 1.54) is 5.56 Å². The molecule has 0 saturated heterocycles. The number of hydrogen-bond donors (Lipinski definition) is 1. The third-order valence-corrected chi connectivity index (χ3v) is 5.98. The maximum atomic E-state index is 11.8. The van der Waals surface area contributed by atoms with Crippen molar-refractivity contribution < 1.29 is 19.2 Å². The first-order valence-electron chi connectivity index (χ1n) is 10.2. The van der Waals surface area contributed by atoms with Crippen LogP contribution in [0.3, 0.4) is 0 Å². The Hall–Kier alpha value is -3.15. The van der Waals surface area contributed by atoms with E-state index >= 15 is 0 Å². The number of hydrogen-bond acceptors (Lipinski definition) is 4. The van der Waals surface area contributed by atoms with Crippen LogP contribution in [0.1, 0.15) is 5.56 Å². The van der Waals surface area contributed by atoms with E-state index in [2.05, 4.69) is 33.7 Å². The predicted octanol–water partition coefficient (Wildman–Crippen LogP) is 3.47. The molecule has 0 spiro atoms. The van der Waals surface area contributed by atoms with Gasteiger partial charge in [-0.25, -0.2) is 9.48 Å².